The third-order valence-electron chi connectivity index (χ3n) is 4.41. The van der Waals surface area contributed by atoms with E-state index in [4.69, 9.17) is 4.74 Å². The summed E-state index contributed by atoms with van der Waals surface area (Å²) in [5.41, 5.74) is 0.670. The molecule has 3 aromatic rings. The van der Waals surface area contributed by atoms with Gasteiger partial charge in [0.15, 0.2) is 23.3 Å². The second-order valence-corrected chi connectivity index (χ2v) is 6.02. The first kappa shape index (κ1) is 19.0. The number of nitrogens with one attached hydrogen (secondary N) is 1. The average molecular weight is 378 g/mol. The fourth-order valence-electron chi connectivity index (χ4n) is 2.95. The summed E-state index contributed by atoms with van der Waals surface area (Å²) >= 11 is 0. The second kappa shape index (κ2) is 7.84. The summed E-state index contributed by atoms with van der Waals surface area (Å²) < 4.78 is 61.6. The highest BCUT2D eigenvalue weighted by Crippen LogP contribution is 2.30. The highest BCUT2D eigenvalue weighted by molar-refractivity contribution is 5.82. The topological polar surface area (TPSA) is 26.2 Å². The Morgan fingerprint density at radius 1 is 1.04 bits per heavy atom. The van der Waals surface area contributed by atoms with Crippen molar-refractivity contribution in [3.63, 3.8) is 0 Å². The van der Waals surface area contributed by atoms with Crippen LogP contribution in [0.25, 0.3) is 10.9 Å². The molecule has 0 bridgehead atoms. The van der Waals surface area contributed by atoms with E-state index in [0.29, 0.717) is 13.1 Å². The van der Waals surface area contributed by atoms with Crippen molar-refractivity contribution in [2.45, 2.75) is 12.6 Å². The second-order valence-electron chi connectivity index (χ2n) is 6.02. The molecule has 0 saturated heterocycles. The SMILES string of the molecule is C=C[C@@H](CNCc1ccc(OC)cc1)n1ccc2c(F)c(F)c(F)c(F)c21. The summed E-state index contributed by atoms with van der Waals surface area (Å²) in [5, 5.41) is 2.87. The smallest absolute Gasteiger partial charge is 0.199 e. The normalized spacial score (nSPS) is 12.3. The third-order valence-corrected chi connectivity index (χ3v) is 4.41. The summed E-state index contributed by atoms with van der Waals surface area (Å²) in [7, 11) is 1.58. The lowest BCUT2D eigenvalue weighted by atomic mass is 10.2. The van der Waals surface area contributed by atoms with Gasteiger partial charge in [-0.15, -0.1) is 6.58 Å². The van der Waals surface area contributed by atoms with Crippen LogP contribution in [0.3, 0.4) is 0 Å². The molecule has 0 aliphatic carbocycles. The molecule has 1 aromatic heterocycles. The summed E-state index contributed by atoms with van der Waals surface area (Å²) in [6.45, 7) is 4.56. The van der Waals surface area contributed by atoms with Gasteiger partial charge in [0.25, 0.3) is 0 Å². The molecule has 1 heterocycles. The number of benzene rings is 2. The van der Waals surface area contributed by atoms with E-state index in [-0.39, 0.29) is 10.9 Å². The van der Waals surface area contributed by atoms with E-state index in [1.54, 1.807) is 7.11 Å². The van der Waals surface area contributed by atoms with Crippen LogP contribution in [0.5, 0.6) is 5.75 Å². The number of hydrogen-bond acceptors (Lipinski definition) is 2. The molecule has 2 aromatic carbocycles. The van der Waals surface area contributed by atoms with Gasteiger partial charge >= 0.3 is 0 Å². The summed E-state index contributed by atoms with van der Waals surface area (Å²) in [6, 6.07) is 8.18. The van der Waals surface area contributed by atoms with Gasteiger partial charge in [-0.05, 0) is 23.8 Å². The van der Waals surface area contributed by atoms with Crippen molar-refractivity contribution in [1.29, 1.82) is 0 Å². The first-order chi connectivity index (χ1) is 13.0. The van der Waals surface area contributed by atoms with Crippen LogP contribution < -0.4 is 10.1 Å². The van der Waals surface area contributed by atoms with E-state index < -0.39 is 29.3 Å². The van der Waals surface area contributed by atoms with Crippen molar-refractivity contribution in [2.24, 2.45) is 0 Å². The fourth-order valence-corrected chi connectivity index (χ4v) is 2.95. The van der Waals surface area contributed by atoms with Crippen molar-refractivity contribution in [3.8, 4) is 5.75 Å². The molecular weight excluding hydrogens is 360 g/mol. The maximum Gasteiger partial charge on any atom is 0.199 e. The van der Waals surface area contributed by atoms with Crippen LogP contribution >= 0.6 is 0 Å². The molecule has 1 atom stereocenters. The van der Waals surface area contributed by atoms with Gasteiger partial charge in [-0.2, -0.15) is 0 Å². The number of nitrogens with zero attached hydrogens (tertiary/aromatic N) is 1. The van der Waals surface area contributed by atoms with Gasteiger partial charge < -0.3 is 14.6 Å². The number of aromatic nitrogens is 1. The van der Waals surface area contributed by atoms with Crippen LogP contribution in [-0.4, -0.2) is 18.2 Å². The maximum absolute atomic E-state index is 14.2. The van der Waals surface area contributed by atoms with Crippen molar-refractivity contribution in [3.05, 3.63) is 78.0 Å². The monoisotopic (exact) mass is 378 g/mol. The third kappa shape index (κ3) is 3.55. The first-order valence-corrected chi connectivity index (χ1v) is 8.26. The van der Waals surface area contributed by atoms with Crippen molar-refractivity contribution in [2.75, 3.05) is 13.7 Å². The molecule has 0 fully saturated rings. The molecule has 0 aliphatic rings. The van der Waals surface area contributed by atoms with Gasteiger partial charge in [-0.1, -0.05) is 18.2 Å². The molecule has 7 heteroatoms. The van der Waals surface area contributed by atoms with Gasteiger partial charge in [0, 0.05) is 24.7 Å². The molecule has 0 amide bonds. The van der Waals surface area contributed by atoms with Gasteiger partial charge in [0.1, 0.15) is 5.75 Å². The van der Waals surface area contributed by atoms with Crippen molar-refractivity contribution in [1.82, 2.24) is 9.88 Å². The van der Waals surface area contributed by atoms with E-state index in [1.165, 1.54) is 22.9 Å². The van der Waals surface area contributed by atoms with Crippen LogP contribution in [0.15, 0.2) is 49.2 Å². The molecule has 0 saturated carbocycles. The lowest BCUT2D eigenvalue weighted by Gasteiger charge is -2.18. The number of ether oxygens (including phenoxy) is 1. The fraction of sp³-hybridized carbons (Fsp3) is 0.200. The Morgan fingerprint density at radius 2 is 1.70 bits per heavy atom. The Hall–Kier alpha value is -2.80. The molecule has 3 nitrogen and oxygen atoms in total. The maximum atomic E-state index is 14.2. The van der Waals surface area contributed by atoms with E-state index in [2.05, 4.69) is 11.9 Å². The minimum atomic E-state index is -1.83. The van der Waals surface area contributed by atoms with E-state index >= 15 is 0 Å². The zero-order valence-corrected chi connectivity index (χ0v) is 14.6. The van der Waals surface area contributed by atoms with Gasteiger partial charge in [0.05, 0.1) is 18.7 Å². The van der Waals surface area contributed by atoms with Crippen LogP contribution in [0.1, 0.15) is 11.6 Å². The Kier molecular flexibility index (Phi) is 5.51. The highest BCUT2D eigenvalue weighted by atomic mass is 19.2. The molecule has 3 rings (SSSR count). The largest absolute Gasteiger partial charge is 0.497 e. The summed E-state index contributed by atoms with van der Waals surface area (Å²) in [5.74, 6) is -5.72. The highest BCUT2D eigenvalue weighted by Gasteiger charge is 2.24. The lowest BCUT2D eigenvalue weighted by Crippen LogP contribution is -2.24. The standard InChI is InChI=1S/C20H18F4N2O/c1-3-13(11-25-10-12-4-6-14(27-2)7-5-12)26-9-8-15-16(21)17(22)18(23)19(24)20(15)26/h3-9,13,25H,1,10-11H2,2H3/t13-/m0/s1. The molecule has 0 unspecified atom stereocenters. The van der Waals surface area contributed by atoms with Crippen molar-refractivity contribution >= 4 is 10.9 Å². The zero-order chi connectivity index (χ0) is 19.6. The minimum absolute atomic E-state index is 0.312. The number of hydrogen-bond donors (Lipinski definition) is 1. The average Bonchev–Trinajstić information content (AvgIpc) is 3.13. The van der Waals surface area contributed by atoms with Crippen LogP contribution in [0.2, 0.25) is 0 Å². The van der Waals surface area contributed by atoms with Gasteiger partial charge in [-0.3, -0.25) is 0 Å². The van der Waals surface area contributed by atoms with Crippen LogP contribution in [0, 0.1) is 23.3 Å². The number of rotatable bonds is 7. The Morgan fingerprint density at radius 3 is 2.33 bits per heavy atom. The molecular formula is C20H18F4N2O. The van der Waals surface area contributed by atoms with Crippen molar-refractivity contribution < 1.29 is 22.3 Å². The summed E-state index contributed by atoms with van der Waals surface area (Å²) in [6.07, 6.45) is 2.91. The lowest BCUT2D eigenvalue weighted by molar-refractivity contribution is 0.414. The van der Waals surface area contributed by atoms with E-state index in [0.717, 1.165) is 11.3 Å². The molecule has 0 aliphatic heterocycles. The van der Waals surface area contributed by atoms with Crippen LogP contribution in [-0.2, 0) is 6.54 Å². The van der Waals surface area contributed by atoms with E-state index in [9.17, 15) is 17.6 Å². The van der Waals surface area contributed by atoms with Gasteiger partial charge in [-0.25, -0.2) is 17.6 Å². The Balaban J connectivity index is 1.80. The number of fused-ring (bicyclic) bond motifs is 1. The molecule has 142 valence electrons. The quantitative estimate of drug-likeness (QED) is 0.279. The zero-order valence-electron chi connectivity index (χ0n) is 14.6. The number of halogens is 4. The summed E-state index contributed by atoms with van der Waals surface area (Å²) in [4.78, 5) is 0. The molecule has 1 N–H and O–H groups in total. The molecule has 27 heavy (non-hydrogen) atoms. The minimum Gasteiger partial charge on any atom is -0.497 e. The van der Waals surface area contributed by atoms with Crippen LogP contribution in [0.4, 0.5) is 17.6 Å². The first-order valence-electron chi connectivity index (χ1n) is 8.26. The molecule has 0 spiro atoms. The van der Waals surface area contributed by atoms with E-state index in [1.807, 2.05) is 24.3 Å². The Bertz CT molecular complexity index is 967. The Labute approximate surface area is 153 Å². The molecule has 0 radical (unpaired) electrons. The predicted octanol–water partition coefficient (Wildman–Crippen LogP) is 4.72. The van der Waals surface area contributed by atoms with Gasteiger partial charge in [0.2, 0.25) is 0 Å². The predicted molar refractivity (Wildman–Crippen MR) is 95.7 cm³/mol. The number of methoxy groups -OCH3 is 1.